The largest absolute Gasteiger partial charge is 0.462 e. The summed E-state index contributed by atoms with van der Waals surface area (Å²) < 4.78 is 5.01. The van der Waals surface area contributed by atoms with Crippen LogP contribution in [0.5, 0.6) is 0 Å². The van der Waals surface area contributed by atoms with Gasteiger partial charge in [-0.25, -0.2) is 4.79 Å². The molecule has 0 saturated heterocycles. The Morgan fingerprint density at radius 1 is 0.826 bits per heavy atom. The maximum Gasteiger partial charge on any atom is 0.338 e. The lowest BCUT2D eigenvalue weighted by molar-refractivity contribution is 0.0526. The molecule has 0 fully saturated rings. The molecule has 0 saturated carbocycles. The zero-order valence-corrected chi connectivity index (χ0v) is 14.2. The summed E-state index contributed by atoms with van der Waals surface area (Å²) in [5, 5.41) is 0. The van der Waals surface area contributed by atoms with Crippen molar-refractivity contribution in [1.82, 2.24) is 0 Å². The fraction of sp³-hybridized carbons (Fsp3) is 0.381. The van der Waals surface area contributed by atoms with Crippen LogP contribution in [0.3, 0.4) is 0 Å². The molecule has 0 spiro atoms. The fourth-order valence-electron chi connectivity index (χ4n) is 2.63. The Bertz CT molecular complexity index is 597. The van der Waals surface area contributed by atoms with Crippen LogP contribution in [0, 0.1) is 0 Å². The van der Waals surface area contributed by atoms with E-state index in [1.54, 1.807) is 0 Å². The van der Waals surface area contributed by atoms with Gasteiger partial charge in [-0.15, -0.1) is 0 Å². The number of ether oxygens (including phenoxy) is 1. The molecule has 2 aromatic carbocycles. The van der Waals surface area contributed by atoms with Gasteiger partial charge in [0, 0.05) is 0 Å². The summed E-state index contributed by atoms with van der Waals surface area (Å²) in [6, 6.07) is 16.3. The molecule has 0 aliphatic rings. The van der Waals surface area contributed by atoms with E-state index in [9.17, 15) is 4.79 Å². The van der Waals surface area contributed by atoms with Crippen molar-refractivity contribution in [2.75, 3.05) is 6.61 Å². The highest BCUT2D eigenvalue weighted by Crippen LogP contribution is 2.21. The first-order valence-electron chi connectivity index (χ1n) is 8.61. The van der Waals surface area contributed by atoms with Crippen molar-refractivity contribution in [2.24, 2.45) is 0 Å². The topological polar surface area (TPSA) is 26.3 Å². The maximum absolute atomic E-state index is 11.7. The molecule has 2 rings (SSSR count). The second-order valence-electron chi connectivity index (χ2n) is 5.81. The molecule has 0 unspecified atom stereocenters. The van der Waals surface area contributed by atoms with Gasteiger partial charge in [-0.2, -0.15) is 0 Å². The highest BCUT2D eigenvalue weighted by Gasteiger charge is 2.06. The normalized spacial score (nSPS) is 10.5. The lowest BCUT2D eigenvalue weighted by Gasteiger charge is -2.06. The van der Waals surface area contributed by atoms with Crippen LogP contribution in [-0.4, -0.2) is 12.6 Å². The number of hydrogen-bond donors (Lipinski definition) is 0. The first-order chi connectivity index (χ1) is 11.2. The SMILES string of the molecule is CCCCCCc1ccc(-c2ccc(C(=O)OCC)cc2)cc1. The van der Waals surface area contributed by atoms with Gasteiger partial charge in [-0.1, -0.05) is 62.6 Å². The fourth-order valence-corrected chi connectivity index (χ4v) is 2.63. The van der Waals surface area contributed by atoms with Crippen molar-refractivity contribution in [3.05, 3.63) is 59.7 Å². The molecular formula is C21H26O2. The molecular weight excluding hydrogens is 284 g/mol. The van der Waals surface area contributed by atoms with Crippen molar-refractivity contribution in [1.29, 1.82) is 0 Å². The Morgan fingerprint density at radius 2 is 1.43 bits per heavy atom. The van der Waals surface area contributed by atoms with Gasteiger partial charge in [0.1, 0.15) is 0 Å². The minimum absolute atomic E-state index is 0.263. The molecule has 0 aromatic heterocycles. The summed E-state index contributed by atoms with van der Waals surface area (Å²) in [7, 11) is 0. The summed E-state index contributed by atoms with van der Waals surface area (Å²) in [6.07, 6.45) is 6.34. The Morgan fingerprint density at radius 3 is 2.00 bits per heavy atom. The quantitative estimate of drug-likeness (QED) is 0.465. The van der Waals surface area contributed by atoms with Crippen LogP contribution in [0.2, 0.25) is 0 Å². The van der Waals surface area contributed by atoms with Gasteiger partial charge in [0.2, 0.25) is 0 Å². The number of aryl methyl sites for hydroxylation is 1. The van der Waals surface area contributed by atoms with Crippen LogP contribution in [0.25, 0.3) is 11.1 Å². The zero-order chi connectivity index (χ0) is 16.5. The lowest BCUT2D eigenvalue weighted by atomic mass is 10.0. The number of carbonyl (C=O) groups excluding carboxylic acids is 1. The number of unbranched alkanes of at least 4 members (excludes halogenated alkanes) is 3. The van der Waals surface area contributed by atoms with Gasteiger partial charge < -0.3 is 4.74 Å². The molecule has 0 radical (unpaired) electrons. The number of esters is 1. The maximum atomic E-state index is 11.7. The number of carbonyl (C=O) groups is 1. The summed E-state index contributed by atoms with van der Waals surface area (Å²) in [6.45, 7) is 4.46. The Hall–Kier alpha value is -2.09. The average Bonchev–Trinajstić information content (AvgIpc) is 2.60. The highest BCUT2D eigenvalue weighted by molar-refractivity contribution is 5.90. The van der Waals surface area contributed by atoms with Crippen molar-refractivity contribution in [2.45, 2.75) is 46.0 Å². The summed E-state index contributed by atoms with van der Waals surface area (Å²) in [4.78, 5) is 11.7. The van der Waals surface area contributed by atoms with Gasteiger partial charge in [-0.3, -0.25) is 0 Å². The van der Waals surface area contributed by atoms with Gasteiger partial charge in [0.25, 0.3) is 0 Å². The summed E-state index contributed by atoms with van der Waals surface area (Å²) in [5.41, 5.74) is 4.30. The first kappa shape index (κ1) is 17.3. The second-order valence-corrected chi connectivity index (χ2v) is 5.81. The van der Waals surface area contributed by atoms with Gasteiger partial charge in [0.15, 0.2) is 0 Å². The smallest absolute Gasteiger partial charge is 0.338 e. The third kappa shape index (κ3) is 5.24. The Balaban J connectivity index is 1.97. The third-order valence-corrected chi connectivity index (χ3v) is 4.00. The van der Waals surface area contributed by atoms with Crippen LogP contribution >= 0.6 is 0 Å². The van der Waals surface area contributed by atoms with E-state index in [0.717, 1.165) is 12.0 Å². The summed E-state index contributed by atoms with van der Waals surface area (Å²) >= 11 is 0. The van der Waals surface area contributed by atoms with E-state index in [1.165, 1.54) is 36.8 Å². The van der Waals surface area contributed by atoms with Gasteiger partial charge >= 0.3 is 5.97 Å². The minimum atomic E-state index is -0.263. The van der Waals surface area contributed by atoms with E-state index < -0.39 is 0 Å². The van der Waals surface area contributed by atoms with E-state index in [-0.39, 0.29) is 5.97 Å². The number of benzene rings is 2. The second kappa shape index (κ2) is 9.14. The van der Waals surface area contributed by atoms with Crippen molar-refractivity contribution < 1.29 is 9.53 Å². The molecule has 122 valence electrons. The van der Waals surface area contributed by atoms with E-state index in [2.05, 4.69) is 31.2 Å². The molecule has 0 amide bonds. The van der Waals surface area contributed by atoms with Crippen LogP contribution in [0.15, 0.2) is 48.5 Å². The highest BCUT2D eigenvalue weighted by atomic mass is 16.5. The minimum Gasteiger partial charge on any atom is -0.462 e. The van der Waals surface area contributed by atoms with Crippen LogP contribution in [-0.2, 0) is 11.2 Å². The monoisotopic (exact) mass is 310 g/mol. The lowest BCUT2D eigenvalue weighted by Crippen LogP contribution is -2.03. The number of hydrogen-bond acceptors (Lipinski definition) is 2. The van der Waals surface area contributed by atoms with Crippen molar-refractivity contribution >= 4 is 5.97 Å². The van der Waals surface area contributed by atoms with Gasteiger partial charge in [-0.05, 0) is 48.6 Å². The van der Waals surface area contributed by atoms with E-state index in [4.69, 9.17) is 4.74 Å². The molecule has 2 nitrogen and oxygen atoms in total. The molecule has 2 aromatic rings. The van der Waals surface area contributed by atoms with Crippen LogP contribution in [0.1, 0.15) is 55.5 Å². The molecule has 0 aliphatic heterocycles. The molecule has 0 atom stereocenters. The molecule has 2 heteroatoms. The average molecular weight is 310 g/mol. The molecule has 23 heavy (non-hydrogen) atoms. The standard InChI is InChI=1S/C21H26O2/c1-3-5-6-7-8-17-9-11-18(12-10-17)19-13-15-20(16-14-19)21(22)23-4-2/h9-16H,3-8H2,1-2H3. The van der Waals surface area contributed by atoms with Crippen LogP contribution < -0.4 is 0 Å². The molecule has 0 N–H and O–H groups in total. The molecule has 0 bridgehead atoms. The van der Waals surface area contributed by atoms with Crippen molar-refractivity contribution in [3.8, 4) is 11.1 Å². The molecule has 0 heterocycles. The Kier molecular flexibility index (Phi) is 6.86. The van der Waals surface area contributed by atoms with E-state index >= 15 is 0 Å². The number of rotatable bonds is 8. The third-order valence-electron chi connectivity index (χ3n) is 4.00. The molecule has 0 aliphatic carbocycles. The first-order valence-corrected chi connectivity index (χ1v) is 8.61. The predicted molar refractivity (Wildman–Crippen MR) is 95.7 cm³/mol. The summed E-state index contributed by atoms with van der Waals surface area (Å²) in [5.74, 6) is -0.263. The zero-order valence-electron chi connectivity index (χ0n) is 14.2. The van der Waals surface area contributed by atoms with E-state index in [0.29, 0.717) is 12.2 Å². The van der Waals surface area contributed by atoms with Crippen LogP contribution in [0.4, 0.5) is 0 Å². The van der Waals surface area contributed by atoms with Gasteiger partial charge in [0.05, 0.1) is 12.2 Å². The Labute approximate surface area is 139 Å². The van der Waals surface area contributed by atoms with E-state index in [1.807, 2.05) is 31.2 Å². The van der Waals surface area contributed by atoms with Crippen molar-refractivity contribution in [3.63, 3.8) is 0 Å². The predicted octanol–water partition coefficient (Wildman–Crippen LogP) is 5.65.